The number of nitrogens with two attached hydrogens (primary N) is 1. The van der Waals surface area contributed by atoms with Crippen LogP contribution in [-0.2, 0) is 6.61 Å². The lowest BCUT2D eigenvalue weighted by Gasteiger charge is -2.11. The molecule has 0 aliphatic heterocycles. The zero-order valence-electron chi connectivity index (χ0n) is 12.8. The molecular formula is C18H22FNO. The first-order valence-electron chi connectivity index (χ1n) is 7.24. The van der Waals surface area contributed by atoms with Gasteiger partial charge in [-0.25, -0.2) is 4.39 Å². The van der Waals surface area contributed by atoms with Crippen LogP contribution in [0.5, 0.6) is 5.75 Å². The maximum Gasteiger partial charge on any atom is 0.131 e. The zero-order chi connectivity index (χ0) is 15.4. The number of halogens is 1. The molecule has 0 bridgehead atoms. The molecule has 0 aliphatic carbocycles. The summed E-state index contributed by atoms with van der Waals surface area (Å²) in [6.45, 7) is 6.51. The van der Waals surface area contributed by atoms with E-state index in [9.17, 15) is 4.39 Å². The quantitative estimate of drug-likeness (QED) is 0.875. The number of hydrogen-bond donors (Lipinski definition) is 1. The molecule has 0 fully saturated rings. The highest BCUT2D eigenvalue weighted by Crippen LogP contribution is 2.22. The van der Waals surface area contributed by atoms with E-state index >= 15 is 0 Å². The van der Waals surface area contributed by atoms with E-state index in [2.05, 4.69) is 26.0 Å². The molecule has 3 heteroatoms. The third-order valence-electron chi connectivity index (χ3n) is 3.51. The second kappa shape index (κ2) is 6.72. The molecular weight excluding hydrogens is 265 g/mol. The summed E-state index contributed by atoms with van der Waals surface area (Å²) in [6.07, 6.45) is 0. The molecule has 0 amide bonds. The van der Waals surface area contributed by atoms with Crippen molar-refractivity contribution in [3.63, 3.8) is 0 Å². The van der Waals surface area contributed by atoms with Gasteiger partial charge in [0.15, 0.2) is 0 Å². The predicted octanol–water partition coefficient (Wildman–Crippen LogP) is 4.55. The Morgan fingerprint density at radius 1 is 1.05 bits per heavy atom. The highest BCUT2D eigenvalue weighted by molar-refractivity contribution is 5.31. The van der Waals surface area contributed by atoms with Gasteiger partial charge in [0.2, 0.25) is 0 Å². The molecule has 2 rings (SSSR count). The molecule has 0 aromatic heterocycles. The van der Waals surface area contributed by atoms with Crippen molar-refractivity contribution < 1.29 is 9.13 Å². The third kappa shape index (κ3) is 4.05. The second-order valence-corrected chi connectivity index (χ2v) is 5.66. The summed E-state index contributed by atoms with van der Waals surface area (Å²) >= 11 is 0. The van der Waals surface area contributed by atoms with Crippen LogP contribution in [-0.4, -0.2) is 0 Å². The number of hydrogen-bond acceptors (Lipinski definition) is 2. The summed E-state index contributed by atoms with van der Waals surface area (Å²) in [5.74, 6) is 0.711. The Balaban J connectivity index is 2.01. The molecule has 0 saturated heterocycles. The lowest BCUT2D eigenvalue weighted by molar-refractivity contribution is 0.304. The minimum atomic E-state index is -0.322. The van der Waals surface area contributed by atoms with Crippen molar-refractivity contribution in [2.24, 2.45) is 5.73 Å². The van der Waals surface area contributed by atoms with E-state index in [-0.39, 0.29) is 11.9 Å². The van der Waals surface area contributed by atoms with Crippen LogP contribution in [0.25, 0.3) is 0 Å². The van der Waals surface area contributed by atoms with Gasteiger partial charge in [-0.05, 0) is 30.0 Å². The summed E-state index contributed by atoms with van der Waals surface area (Å²) in [4.78, 5) is 0. The van der Waals surface area contributed by atoms with Crippen molar-refractivity contribution in [2.75, 3.05) is 0 Å². The van der Waals surface area contributed by atoms with Crippen LogP contribution < -0.4 is 10.5 Å². The van der Waals surface area contributed by atoms with Gasteiger partial charge in [0.25, 0.3) is 0 Å². The van der Waals surface area contributed by atoms with E-state index in [4.69, 9.17) is 10.5 Å². The van der Waals surface area contributed by atoms with Gasteiger partial charge < -0.3 is 10.5 Å². The maximum atomic E-state index is 13.8. The molecule has 2 nitrogen and oxygen atoms in total. The fraction of sp³-hybridized carbons (Fsp3) is 0.333. The van der Waals surface area contributed by atoms with Crippen molar-refractivity contribution in [1.82, 2.24) is 0 Å². The van der Waals surface area contributed by atoms with Crippen LogP contribution >= 0.6 is 0 Å². The van der Waals surface area contributed by atoms with E-state index in [1.165, 1.54) is 11.6 Å². The molecule has 21 heavy (non-hydrogen) atoms. The van der Waals surface area contributed by atoms with Crippen molar-refractivity contribution in [3.8, 4) is 5.75 Å². The largest absolute Gasteiger partial charge is 0.489 e. The zero-order valence-corrected chi connectivity index (χ0v) is 12.8. The standard InChI is InChI=1S/C18H22FNO/c1-12(2)15-6-4-14(5-7-15)11-21-16-8-9-17(13(3)20)18(19)10-16/h4-10,12-13H,11,20H2,1-3H3/t13-/m1/s1. The van der Waals surface area contributed by atoms with Crippen molar-refractivity contribution in [3.05, 3.63) is 65.0 Å². The summed E-state index contributed by atoms with van der Waals surface area (Å²) in [7, 11) is 0. The fourth-order valence-electron chi connectivity index (χ4n) is 2.13. The molecule has 1 atom stereocenters. The van der Waals surface area contributed by atoms with Crippen LogP contribution in [0.4, 0.5) is 4.39 Å². The van der Waals surface area contributed by atoms with Crippen LogP contribution in [0.15, 0.2) is 42.5 Å². The van der Waals surface area contributed by atoms with Gasteiger partial charge in [0.05, 0.1) is 0 Å². The topological polar surface area (TPSA) is 35.2 Å². The van der Waals surface area contributed by atoms with E-state index in [1.54, 1.807) is 19.1 Å². The first kappa shape index (κ1) is 15.5. The molecule has 0 spiro atoms. The average molecular weight is 287 g/mol. The van der Waals surface area contributed by atoms with Crippen LogP contribution in [0.2, 0.25) is 0 Å². The SMILES string of the molecule is CC(C)c1ccc(COc2ccc([C@@H](C)N)c(F)c2)cc1. The minimum Gasteiger partial charge on any atom is -0.489 e. The lowest BCUT2D eigenvalue weighted by Crippen LogP contribution is -2.07. The molecule has 0 aliphatic rings. The van der Waals surface area contributed by atoms with Gasteiger partial charge in [-0.3, -0.25) is 0 Å². The van der Waals surface area contributed by atoms with Crippen molar-refractivity contribution in [1.29, 1.82) is 0 Å². The molecule has 2 N–H and O–H groups in total. The number of benzene rings is 2. The Labute approximate surface area is 125 Å². The summed E-state index contributed by atoms with van der Waals surface area (Å²) < 4.78 is 19.4. The first-order chi connectivity index (χ1) is 9.97. The Morgan fingerprint density at radius 2 is 1.71 bits per heavy atom. The molecule has 0 heterocycles. The van der Waals surface area contributed by atoms with Crippen molar-refractivity contribution >= 4 is 0 Å². The Morgan fingerprint density at radius 3 is 2.24 bits per heavy atom. The molecule has 112 valence electrons. The predicted molar refractivity (Wildman–Crippen MR) is 83.9 cm³/mol. The van der Waals surface area contributed by atoms with Crippen LogP contribution in [0.3, 0.4) is 0 Å². The van der Waals surface area contributed by atoms with Gasteiger partial charge in [0.1, 0.15) is 18.2 Å². The van der Waals surface area contributed by atoms with Gasteiger partial charge in [-0.1, -0.05) is 44.2 Å². The van der Waals surface area contributed by atoms with Crippen LogP contribution in [0, 0.1) is 5.82 Å². The average Bonchev–Trinajstić information content (AvgIpc) is 2.45. The monoisotopic (exact) mass is 287 g/mol. The first-order valence-corrected chi connectivity index (χ1v) is 7.24. The highest BCUT2D eigenvalue weighted by atomic mass is 19.1. The maximum absolute atomic E-state index is 13.8. The van der Waals surface area contributed by atoms with Gasteiger partial charge in [-0.15, -0.1) is 0 Å². The summed E-state index contributed by atoms with van der Waals surface area (Å²) in [5, 5.41) is 0. The minimum absolute atomic E-state index is 0.317. The number of ether oxygens (including phenoxy) is 1. The molecule has 0 unspecified atom stereocenters. The Bertz CT molecular complexity index is 591. The van der Waals surface area contributed by atoms with E-state index in [0.717, 1.165) is 5.56 Å². The van der Waals surface area contributed by atoms with E-state index in [0.29, 0.717) is 23.8 Å². The van der Waals surface area contributed by atoms with E-state index < -0.39 is 0 Å². The second-order valence-electron chi connectivity index (χ2n) is 5.66. The molecule has 0 radical (unpaired) electrons. The molecule has 2 aromatic carbocycles. The van der Waals surface area contributed by atoms with Gasteiger partial charge in [-0.2, -0.15) is 0 Å². The number of rotatable bonds is 5. The Kier molecular flexibility index (Phi) is 4.97. The summed E-state index contributed by atoms with van der Waals surface area (Å²) in [5.41, 5.74) is 8.55. The fourth-order valence-corrected chi connectivity index (χ4v) is 2.13. The lowest BCUT2D eigenvalue weighted by atomic mass is 10.0. The Hall–Kier alpha value is -1.87. The van der Waals surface area contributed by atoms with E-state index in [1.807, 2.05) is 12.1 Å². The van der Waals surface area contributed by atoms with Gasteiger partial charge in [0, 0.05) is 17.7 Å². The third-order valence-corrected chi connectivity index (χ3v) is 3.51. The van der Waals surface area contributed by atoms with Gasteiger partial charge >= 0.3 is 0 Å². The smallest absolute Gasteiger partial charge is 0.131 e. The molecule has 0 saturated carbocycles. The summed E-state index contributed by atoms with van der Waals surface area (Å²) in [6, 6.07) is 12.8. The van der Waals surface area contributed by atoms with Crippen LogP contribution in [0.1, 0.15) is 49.4 Å². The molecule has 2 aromatic rings. The highest BCUT2D eigenvalue weighted by Gasteiger charge is 2.08. The van der Waals surface area contributed by atoms with Crippen molar-refractivity contribution in [2.45, 2.75) is 39.3 Å². The normalized spacial score (nSPS) is 12.5.